The lowest BCUT2D eigenvalue weighted by Crippen LogP contribution is -2.13. The number of hydrogen-bond donors (Lipinski definition) is 1. The zero-order valence-corrected chi connectivity index (χ0v) is 24.8. The molecule has 1 N–H and O–H groups in total. The first-order valence-electron chi connectivity index (χ1n) is 12.3. The highest BCUT2D eigenvalue weighted by Gasteiger charge is 2.15. The molecule has 4 aromatic rings. The van der Waals surface area contributed by atoms with Gasteiger partial charge in [0.1, 0.15) is 30.6 Å². The molecule has 0 aliphatic carbocycles. The van der Waals surface area contributed by atoms with Crippen LogP contribution in [0.5, 0.6) is 17.2 Å². The molecule has 0 aromatic heterocycles. The molecule has 0 atom stereocenters. The van der Waals surface area contributed by atoms with Crippen LogP contribution in [0.2, 0.25) is 5.02 Å². The van der Waals surface area contributed by atoms with E-state index in [4.69, 9.17) is 25.8 Å². The van der Waals surface area contributed by atoms with Crippen LogP contribution in [0.1, 0.15) is 22.3 Å². The monoisotopic (exact) mass is 664 g/mol. The first-order valence-corrected chi connectivity index (χ1v) is 13.8. The fraction of sp³-hybridized carbons (Fsp3) is 0.125. The first-order chi connectivity index (χ1) is 19.3. The van der Waals surface area contributed by atoms with Gasteiger partial charge in [0.25, 0.3) is 5.91 Å². The van der Waals surface area contributed by atoms with Crippen LogP contribution in [0.3, 0.4) is 0 Å². The highest BCUT2D eigenvalue weighted by molar-refractivity contribution is 14.1. The Morgan fingerprint density at radius 3 is 2.38 bits per heavy atom. The van der Waals surface area contributed by atoms with Gasteiger partial charge in [-0.15, -0.1) is 0 Å². The molecule has 4 rings (SSSR count). The van der Waals surface area contributed by atoms with Crippen molar-refractivity contribution in [2.45, 2.75) is 20.1 Å². The molecular weight excluding hydrogens is 639 g/mol. The average Bonchev–Trinajstić information content (AvgIpc) is 2.95. The fourth-order valence-corrected chi connectivity index (χ4v) is 4.74. The van der Waals surface area contributed by atoms with Crippen molar-refractivity contribution < 1.29 is 19.0 Å². The Balaban J connectivity index is 1.41. The molecule has 0 unspecified atom stereocenters. The molecule has 202 valence electrons. The van der Waals surface area contributed by atoms with Crippen LogP contribution >= 0.6 is 34.2 Å². The van der Waals surface area contributed by atoms with Gasteiger partial charge >= 0.3 is 0 Å². The number of nitrogens with one attached hydrogen (secondary N) is 1. The lowest BCUT2D eigenvalue weighted by molar-refractivity contribution is -0.112. The second-order valence-electron chi connectivity index (χ2n) is 8.88. The van der Waals surface area contributed by atoms with Crippen molar-refractivity contribution in [3.05, 3.63) is 121 Å². The molecule has 40 heavy (non-hydrogen) atoms. The van der Waals surface area contributed by atoms with Crippen molar-refractivity contribution in [3.63, 3.8) is 0 Å². The number of halogens is 2. The van der Waals surface area contributed by atoms with Crippen molar-refractivity contribution in [1.29, 1.82) is 5.26 Å². The molecule has 0 saturated heterocycles. The Kier molecular flexibility index (Phi) is 10.1. The number of anilines is 1. The summed E-state index contributed by atoms with van der Waals surface area (Å²) in [5.74, 6) is 1.20. The predicted molar refractivity (Wildman–Crippen MR) is 166 cm³/mol. The molecule has 0 radical (unpaired) electrons. The summed E-state index contributed by atoms with van der Waals surface area (Å²) in [5, 5.41) is 13.1. The minimum absolute atomic E-state index is 0.0508. The first kappa shape index (κ1) is 29.0. The van der Waals surface area contributed by atoms with Crippen LogP contribution in [0.4, 0.5) is 5.69 Å². The minimum atomic E-state index is -0.522. The molecule has 0 heterocycles. The third kappa shape index (κ3) is 8.01. The van der Waals surface area contributed by atoms with Crippen molar-refractivity contribution in [2.75, 3.05) is 12.4 Å². The summed E-state index contributed by atoms with van der Waals surface area (Å²) in [6, 6.07) is 28.1. The van der Waals surface area contributed by atoms with Crippen LogP contribution in [-0.2, 0) is 18.0 Å². The number of benzene rings is 4. The summed E-state index contributed by atoms with van der Waals surface area (Å²) in [5.41, 5.74) is 4.31. The molecule has 0 aliphatic rings. The number of carbonyl (C=O) groups excluding carboxylic acids is 1. The number of nitrogens with zero attached hydrogens (tertiary/aromatic N) is 1. The predicted octanol–water partition coefficient (Wildman–Crippen LogP) is 7.97. The Bertz CT molecular complexity index is 1560. The SMILES string of the molecule is COc1cc(/C=C(\C#N)C(=O)Nc2ccc(OCc3ccc(C)cc3)cc2)cc(I)c1OCc1cccc(Cl)c1. The zero-order chi connectivity index (χ0) is 28.5. The molecule has 6 nitrogen and oxygen atoms in total. The third-order valence-electron chi connectivity index (χ3n) is 5.84. The molecule has 0 bridgehead atoms. The summed E-state index contributed by atoms with van der Waals surface area (Å²) < 4.78 is 18.1. The standard InChI is InChI=1S/C32H26ClIN2O4/c1-21-6-8-22(9-7-21)19-39-28-12-10-27(11-13-28)36-32(37)25(18-35)14-24-16-29(34)31(30(17-24)38-2)40-20-23-4-3-5-26(33)15-23/h3-17H,19-20H2,1-2H3,(H,36,37)/b25-14+. The quantitative estimate of drug-likeness (QED) is 0.106. The van der Waals surface area contributed by atoms with E-state index in [1.165, 1.54) is 18.7 Å². The van der Waals surface area contributed by atoms with E-state index < -0.39 is 5.91 Å². The van der Waals surface area contributed by atoms with Crippen LogP contribution in [0, 0.1) is 21.8 Å². The van der Waals surface area contributed by atoms with Gasteiger partial charge in [-0.05, 0) is 101 Å². The van der Waals surface area contributed by atoms with Crippen molar-refractivity contribution in [2.24, 2.45) is 0 Å². The van der Waals surface area contributed by atoms with Crippen LogP contribution in [0.15, 0.2) is 90.5 Å². The highest BCUT2D eigenvalue weighted by Crippen LogP contribution is 2.35. The Morgan fingerprint density at radius 1 is 0.975 bits per heavy atom. The van der Waals surface area contributed by atoms with E-state index in [9.17, 15) is 10.1 Å². The molecule has 1 amide bonds. The largest absolute Gasteiger partial charge is 0.493 e. The van der Waals surface area contributed by atoms with Crippen LogP contribution in [-0.4, -0.2) is 13.0 Å². The van der Waals surface area contributed by atoms with Crippen molar-refractivity contribution in [3.8, 4) is 23.3 Å². The molecule has 4 aromatic carbocycles. The molecule has 0 saturated carbocycles. The second-order valence-corrected chi connectivity index (χ2v) is 10.5. The van der Waals surface area contributed by atoms with E-state index >= 15 is 0 Å². The van der Waals surface area contributed by atoms with E-state index in [0.29, 0.717) is 46.7 Å². The number of aryl methyl sites for hydroxylation is 1. The van der Waals surface area contributed by atoms with E-state index in [1.807, 2.05) is 61.5 Å². The Hall–Kier alpha value is -4.00. The van der Waals surface area contributed by atoms with E-state index in [2.05, 4.69) is 27.9 Å². The van der Waals surface area contributed by atoms with Gasteiger partial charge in [-0.2, -0.15) is 5.26 Å². The van der Waals surface area contributed by atoms with Gasteiger partial charge in [-0.25, -0.2) is 0 Å². The van der Waals surface area contributed by atoms with Gasteiger partial charge in [0.2, 0.25) is 0 Å². The number of nitriles is 1. The van der Waals surface area contributed by atoms with Crippen LogP contribution < -0.4 is 19.5 Å². The smallest absolute Gasteiger partial charge is 0.266 e. The van der Waals surface area contributed by atoms with Crippen molar-refractivity contribution in [1.82, 2.24) is 0 Å². The van der Waals surface area contributed by atoms with Gasteiger partial charge < -0.3 is 19.5 Å². The fourth-order valence-electron chi connectivity index (χ4n) is 3.74. The minimum Gasteiger partial charge on any atom is -0.493 e. The van der Waals surface area contributed by atoms with E-state index in [1.54, 1.807) is 36.4 Å². The maximum atomic E-state index is 12.9. The summed E-state index contributed by atoms with van der Waals surface area (Å²) >= 11 is 8.21. The van der Waals surface area contributed by atoms with Crippen molar-refractivity contribution >= 4 is 51.9 Å². The van der Waals surface area contributed by atoms with Gasteiger partial charge in [-0.1, -0.05) is 53.6 Å². The highest BCUT2D eigenvalue weighted by atomic mass is 127. The second kappa shape index (κ2) is 13.9. The van der Waals surface area contributed by atoms with E-state index in [-0.39, 0.29) is 5.57 Å². The number of hydrogen-bond acceptors (Lipinski definition) is 5. The third-order valence-corrected chi connectivity index (χ3v) is 6.87. The van der Waals surface area contributed by atoms with E-state index in [0.717, 1.165) is 14.7 Å². The summed E-state index contributed by atoms with van der Waals surface area (Å²) in [6.07, 6.45) is 1.51. The molecule has 0 aliphatic heterocycles. The summed E-state index contributed by atoms with van der Waals surface area (Å²) in [4.78, 5) is 12.9. The molecule has 0 fully saturated rings. The number of ether oxygens (including phenoxy) is 3. The topological polar surface area (TPSA) is 80.6 Å². The lowest BCUT2D eigenvalue weighted by Gasteiger charge is -2.14. The zero-order valence-electron chi connectivity index (χ0n) is 21.9. The van der Waals surface area contributed by atoms with Gasteiger partial charge in [0.05, 0.1) is 10.7 Å². The summed E-state index contributed by atoms with van der Waals surface area (Å²) in [6.45, 7) is 2.79. The molecular formula is C32H26ClIN2O4. The van der Waals surface area contributed by atoms with Gasteiger partial charge in [-0.3, -0.25) is 4.79 Å². The number of carbonyl (C=O) groups is 1. The summed E-state index contributed by atoms with van der Waals surface area (Å²) in [7, 11) is 1.54. The maximum Gasteiger partial charge on any atom is 0.266 e. The molecule has 8 heteroatoms. The number of methoxy groups -OCH3 is 1. The Morgan fingerprint density at radius 2 is 1.70 bits per heavy atom. The van der Waals surface area contributed by atoms with Crippen LogP contribution in [0.25, 0.3) is 6.08 Å². The maximum absolute atomic E-state index is 12.9. The Labute approximate surface area is 252 Å². The molecule has 0 spiro atoms. The van der Waals surface area contributed by atoms with Gasteiger partial charge in [0, 0.05) is 10.7 Å². The van der Waals surface area contributed by atoms with Gasteiger partial charge in [0.15, 0.2) is 11.5 Å². The normalized spacial score (nSPS) is 10.9. The lowest BCUT2D eigenvalue weighted by atomic mass is 10.1. The average molecular weight is 665 g/mol. The number of amides is 1. The number of rotatable bonds is 10.